The van der Waals surface area contributed by atoms with E-state index in [1.165, 1.54) is 0 Å². The molecule has 10 nitrogen and oxygen atoms in total. The Kier molecular flexibility index (Phi) is 9.86. The van der Waals surface area contributed by atoms with Gasteiger partial charge in [-0.3, -0.25) is 14.4 Å². The number of amides is 1. The van der Waals surface area contributed by atoms with Crippen LogP contribution in [-0.2, 0) is 35.1 Å². The van der Waals surface area contributed by atoms with Crippen molar-refractivity contribution in [1.82, 2.24) is 10.3 Å². The number of aromatic amines is 1. The molecule has 0 fully saturated rings. The minimum absolute atomic E-state index is 0.0803. The summed E-state index contributed by atoms with van der Waals surface area (Å²) in [4.78, 5) is 51.1. The first-order valence-corrected chi connectivity index (χ1v) is 10.9. The van der Waals surface area contributed by atoms with Crippen LogP contribution in [0.25, 0.3) is 10.9 Å². The molecule has 33 heavy (non-hydrogen) atoms. The maximum atomic E-state index is 12.7. The van der Waals surface area contributed by atoms with Gasteiger partial charge in [-0.2, -0.15) is 0 Å². The Morgan fingerprint density at radius 2 is 1.76 bits per heavy atom. The van der Waals surface area contributed by atoms with Crippen LogP contribution in [0.1, 0.15) is 45.1 Å². The second kappa shape index (κ2) is 12.6. The Morgan fingerprint density at radius 3 is 2.42 bits per heavy atom. The molecule has 0 saturated heterocycles. The molecule has 1 heterocycles. The van der Waals surface area contributed by atoms with E-state index in [-0.39, 0.29) is 25.2 Å². The van der Waals surface area contributed by atoms with Crippen LogP contribution in [0.4, 0.5) is 0 Å². The number of benzene rings is 1. The number of esters is 2. The van der Waals surface area contributed by atoms with Crippen molar-refractivity contribution in [3.63, 3.8) is 0 Å². The zero-order chi connectivity index (χ0) is 24.4. The SMILES string of the molecule is CCC(CC)C(=O)OCOC(=O)[C@@H](Cc1c[nH]c2ccccc12)NC(=O)CC[C@@H](N)C(=O)O. The van der Waals surface area contributed by atoms with E-state index in [1.54, 1.807) is 6.20 Å². The van der Waals surface area contributed by atoms with Crippen LogP contribution in [0.5, 0.6) is 0 Å². The third kappa shape index (κ3) is 7.60. The summed E-state index contributed by atoms with van der Waals surface area (Å²) in [6.45, 7) is 3.17. The smallest absolute Gasteiger partial charge is 0.331 e. The highest BCUT2D eigenvalue weighted by Crippen LogP contribution is 2.19. The zero-order valence-electron chi connectivity index (χ0n) is 18.8. The van der Waals surface area contributed by atoms with Crippen molar-refractivity contribution in [1.29, 1.82) is 0 Å². The highest BCUT2D eigenvalue weighted by atomic mass is 16.7. The Morgan fingerprint density at radius 1 is 1.09 bits per heavy atom. The number of rotatable bonds is 13. The molecule has 0 radical (unpaired) electrons. The molecule has 1 aromatic carbocycles. The van der Waals surface area contributed by atoms with E-state index in [4.69, 9.17) is 20.3 Å². The van der Waals surface area contributed by atoms with E-state index in [1.807, 2.05) is 38.1 Å². The van der Waals surface area contributed by atoms with Crippen molar-refractivity contribution >= 4 is 34.7 Å². The average Bonchev–Trinajstić information content (AvgIpc) is 3.20. The molecule has 0 bridgehead atoms. The van der Waals surface area contributed by atoms with E-state index in [2.05, 4.69) is 10.3 Å². The van der Waals surface area contributed by atoms with E-state index < -0.39 is 42.7 Å². The summed E-state index contributed by atoms with van der Waals surface area (Å²) in [7, 11) is 0. The lowest BCUT2D eigenvalue weighted by molar-refractivity contribution is -0.172. The summed E-state index contributed by atoms with van der Waals surface area (Å²) in [6, 6.07) is 5.25. The molecule has 180 valence electrons. The average molecular weight is 462 g/mol. The zero-order valence-corrected chi connectivity index (χ0v) is 18.8. The van der Waals surface area contributed by atoms with Crippen LogP contribution < -0.4 is 11.1 Å². The minimum atomic E-state index is -1.21. The van der Waals surface area contributed by atoms with Gasteiger partial charge in [0.2, 0.25) is 12.7 Å². The third-order valence-corrected chi connectivity index (χ3v) is 5.44. The molecule has 0 saturated carbocycles. The fourth-order valence-electron chi connectivity index (χ4n) is 3.38. The molecule has 1 aromatic heterocycles. The molecule has 1 amide bonds. The Hall–Kier alpha value is -3.40. The standard InChI is InChI=1S/C23H31N3O7/c1-3-14(4-2)22(30)32-13-33-23(31)19(26-20(27)10-9-17(24)21(28)29)11-15-12-25-18-8-6-5-7-16(15)18/h5-8,12,14,17,19,25H,3-4,9-11,13,24H2,1-2H3,(H,26,27)(H,28,29)/t17-,19-/m1/s1. The molecule has 0 spiro atoms. The summed E-state index contributed by atoms with van der Waals surface area (Å²) in [6.07, 6.45) is 2.84. The number of aromatic nitrogens is 1. The first-order chi connectivity index (χ1) is 15.8. The van der Waals surface area contributed by atoms with Gasteiger partial charge in [-0.15, -0.1) is 0 Å². The number of fused-ring (bicyclic) bond motifs is 1. The van der Waals surface area contributed by atoms with Crippen LogP contribution in [0.2, 0.25) is 0 Å². The van der Waals surface area contributed by atoms with Gasteiger partial charge in [-0.1, -0.05) is 32.0 Å². The van der Waals surface area contributed by atoms with Crippen molar-refractivity contribution in [3.05, 3.63) is 36.0 Å². The normalized spacial score (nSPS) is 12.8. The van der Waals surface area contributed by atoms with Gasteiger partial charge in [0.05, 0.1) is 5.92 Å². The van der Waals surface area contributed by atoms with Crippen molar-refractivity contribution < 1.29 is 33.8 Å². The lowest BCUT2D eigenvalue weighted by atomic mass is 10.0. The molecule has 0 aliphatic heterocycles. The number of aliphatic carboxylic acids is 1. The topological polar surface area (TPSA) is 161 Å². The van der Waals surface area contributed by atoms with Gasteiger partial charge in [0.25, 0.3) is 0 Å². The number of carboxylic acid groups (broad SMARTS) is 1. The summed E-state index contributed by atoms with van der Waals surface area (Å²) < 4.78 is 10.2. The first kappa shape index (κ1) is 25.9. The van der Waals surface area contributed by atoms with Crippen molar-refractivity contribution in [2.24, 2.45) is 11.7 Å². The van der Waals surface area contributed by atoms with Crippen molar-refractivity contribution in [3.8, 4) is 0 Å². The molecular weight excluding hydrogens is 430 g/mol. The number of ether oxygens (including phenoxy) is 2. The molecule has 2 aromatic rings. The molecule has 2 atom stereocenters. The monoisotopic (exact) mass is 461 g/mol. The number of nitrogens with one attached hydrogen (secondary N) is 2. The summed E-state index contributed by atoms with van der Waals surface area (Å²) >= 11 is 0. The fourth-order valence-corrected chi connectivity index (χ4v) is 3.38. The number of carbonyl (C=O) groups excluding carboxylic acids is 3. The third-order valence-electron chi connectivity index (χ3n) is 5.44. The van der Waals surface area contributed by atoms with Gasteiger partial charge >= 0.3 is 17.9 Å². The van der Waals surface area contributed by atoms with Crippen LogP contribution in [0, 0.1) is 5.92 Å². The molecule has 2 rings (SSSR count). The first-order valence-electron chi connectivity index (χ1n) is 10.9. The maximum absolute atomic E-state index is 12.7. The second-order valence-corrected chi connectivity index (χ2v) is 7.73. The second-order valence-electron chi connectivity index (χ2n) is 7.73. The molecular formula is C23H31N3O7. The number of hydrogen-bond donors (Lipinski definition) is 4. The number of H-pyrrole nitrogens is 1. The van der Waals surface area contributed by atoms with E-state index in [0.717, 1.165) is 16.5 Å². The Labute approximate surface area is 191 Å². The number of hydrogen-bond acceptors (Lipinski definition) is 7. The molecule has 0 aliphatic carbocycles. The van der Waals surface area contributed by atoms with Crippen LogP contribution in [0.15, 0.2) is 30.5 Å². The maximum Gasteiger partial charge on any atom is 0.331 e. The molecule has 0 unspecified atom stereocenters. The largest absolute Gasteiger partial charge is 0.480 e. The predicted octanol–water partition coefficient (Wildman–Crippen LogP) is 1.87. The lowest BCUT2D eigenvalue weighted by Crippen LogP contribution is -2.44. The van der Waals surface area contributed by atoms with Crippen molar-refractivity contribution in [2.45, 2.75) is 58.0 Å². The Balaban J connectivity index is 2.05. The summed E-state index contributed by atoms with van der Waals surface area (Å²) in [5, 5.41) is 12.3. The van der Waals surface area contributed by atoms with E-state index in [0.29, 0.717) is 12.8 Å². The highest BCUT2D eigenvalue weighted by Gasteiger charge is 2.25. The fraction of sp³-hybridized carbons (Fsp3) is 0.478. The quantitative estimate of drug-likeness (QED) is 0.260. The van der Waals surface area contributed by atoms with Gasteiger partial charge in [0.1, 0.15) is 12.1 Å². The molecule has 10 heteroatoms. The highest BCUT2D eigenvalue weighted by molar-refractivity contribution is 5.87. The number of carbonyl (C=O) groups is 4. The molecule has 0 aliphatic rings. The Bertz CT molecular complexity index is 968. The lowest BCUT2D eigenvalue weighted by Gasteiger charge is -2.18. The van der Waals surface area contributed by atoms with Gasteiger partial charge < -0.3 is 30.6 Å². The number of carboxylic acids is 1. The van der Waals surface area contributed by atoms with E-state index in [9.17, 15) is 19.2 Å². The predicted molar refractivity (Wildman–Crippen MR) is 120 cm³/mol. The van der Waals surface area contributed by atoms with Crippen LogP contribution in [-0.4, -0.2) is 52.8 Å². The minimum Gasteiger partial charge on any atom is -0.480 e. The van der Waals surface area contributed by atoms with Gasteiger partial charge in [0, 0.05) is 29.9 Å². The number of para-hydroxylation sites is 1. The number of nitrogens with two attached hydrogens (primary N) is 1. The van der Waals surface area contributed by atoms with Gasteiger partial charge in [-0.05, 0) is 30.9 Å². The molecule has 5 N–H and O–H groups in total. The van der Waals surface area contributed by atoms with Crippen molar-refractivity contribution in [2.75, 3.05) is 6.79 Å². The van der Waals surface area contributed by atoms with Gasteiger partial charge in [0.15, 0.2) is 0 Å². The van der Waals surface area contributed by atoms with Crippen LogP contribution >= 0.6 is 0 Å². The summed E-state index contributed by atoms with van der Waals surface area (Å²) in [5.41, 5.74) is 7.10. The van der Waals surface area contributed by atoms with Crippen LogP contribution in [0.3, 0.4) is 0 Å². The summed E-state index contributed by atoms with van der Waals surface area (Å²) in [5.74, 6) is -3.25. The van der Waals surface area contributed by atoms with Gasteiger partial charge in [-0.25, -0.2) is 4.79 Å². The van der Waals surface area contributed by atoms with E-state index >= 15 is 0 Å².